The van der Waals surface area contributed by atoms with Crippen molar-refractivity contribution in [2.24, 2.45) is 4.99 Å². The summed E-state index contributed by atoms with van der Waals surface area (Å²) in [5.74, 6) is 2.59. The Bertz CT molecular complexity index is 1370. The number of methoxy groups -OCH3 is 2. The molecule has 1 amide bonds. The maximum atomic E-state index is 13.1. The molecule has 1 aromatic carbocycles. The molecule has 38 heavy (non-hydrogen) atoms. The minimum absolute atomic E-state index is 0.220. The Morgan fingerprint density at radius 2 is 1.89 bits per heavy atom. The molecule has 10 nitrogen and oxygen atoms in total. The molecule has 10 heteroatoms. The van der Waals surface area contributed by atoms with Crippen molar-refractivity contribution in [1.29, 1.82) is 0 Å². The number of carbonyl (C=O) groups excluding carboxylic acids is 1. The number of hydrogen-bond donors (Lipinski definition) is 1. The third-order valence-corrected chi connectivity index (χ3v) is 6.28. The zero-order valence-electron chi connectivity index (χ0n) is 22.2. The second kappa shape index (κ2) is 12.3. The smallest absolute Gasteiger partial charge is 0.281 e. The van der Waals surface area contributed by atoms with Crippen LogP contribution in [0.3, 0.4) is 0 Å². The summed E-state index contributed by atoms with van der Waals surface area (Å²) < 4.78 is 24.4. The summed E-state index contributed by atoms with van der Waals surface area (Å²) in [6, 6.07) is 5.66. The highest BCUT2D eigenvalue weighted by molar-refractivity contribution is 5.96. The Morgan fingerprint density at radius 1 is 1.16 bits per heavy atom. The first-order chi connectivity index (χ1) is 18.5. The number of aliphatic imine (C=N–C) groups is 1. The van der Waals surface area contributed by atoms with Crippen LogP contribution in [0.1, 0.15) is 56.1 Å². The number of rotatable bonds is 11. The number of pyridine rings is 1. The van der Waals surface area contributed by atoms with Crippen LogP contribution < -0.4 is 24.3 Å². The molecule has 4 rings (SSSR count). The molecule has 1 aliphatic rings. The van der Waals surface area contributed by atoms with Crippen molar-refractivity contribution in [3.63, 3.8) is 0 Å². The minimum Gasteiger partial charge on any atom is -0.493 e. The van der Waals surface area contributed by atoms with Crippen molar-refractivity contribution in [1.82, 2.24) is 20.1 Å². The lowest BCUT2D eigenvalue weighted by atomic mass is 10.2. The third kappa shape index (κ3) is 5.96. The lowest BCUT2D eigenvalue weighted by Gasteiger charge is -2.12. The Kier molecular flexibility index (Phi) is 8.62. The van der Waals surface area contributed by atoms with E-state index in [9.17, 15) is 4.79 Å². The molecule has 0 saturated heterocycles. The molecule has 0 bridgehead atoms. The average molecular weight is 520 g/mol. The summed E-state index contributed by atoms with van der Waals surface area (Å²) in [5.41, 5.74) is 0.921. The predicted molar refractivity (Wildman–Crippen MR) is 145 cm³/mol. The SMILES string of the molecule is C=N/C(=C\C=C(/C)Oc1ccnc2cc(OC)c(OC)cc12)NC(=O)c1nn(C2CCCC2)cc1OCC. The molecule has 1 N–H and O–H groups in total. The fourth-order valence-corrected chi connectivity index (χ4v) is 4.40. The van der Waals surface area contributed by atoms with Crippen LogP contribution in [0.25, 0.3) is 10.9 Å². The minimum atomic E-state index is -0.419. The van der Waals surface area contributed by atoms with Crippen molar-refractivity contribution >= 4 is 23.5 Å². The van der Waals surface area contributed by atoms with Gasteiger partial charge in [-0.2, -0.15) is 5.10 Å². The number of benzene rings is 1. The average Bonchev–Trinajstić information content (AvgIpc) is 3.61. The number of ether oxygens (including phenoxy) is 4. The molecule has 0 unspecified atom stereocenters. The summed E-state index contributed by atoms with van der Waals surface area (Å²) in [7, 11) is 3.15. The summed E-state index contributed by atoms with van der Waals surface area (Å²) in [4.78, 5) is 21.4. The van der Waals surface area contributed by atoms with E-state index in [0.29, 0.717) is 40.9 Å². The number of nitrogens with zero attached hydrogens (tertiary/aromatic N) is 4. The normalized spacial score (nSPS) is 14.4. The van der Waals surface area contributed by atoms with E-state index in [2.05, 4.69) is 27.1 Å². The molecular weight excluding hydrogens is 486 g/mol. The van der Waals surface area contributed by atoms with Crippen molar-refractivity contribution in [2.75, 3.05) is 20.8 Å². The Labute approximate surface area is 222 Å². The van der Waals surface area contributed by atoms with Crippen molar-refractivity contribution in [3.05, 3.63) is 60.0 Å². The van der Waals surface area contributed by atoms with E-state index in [1.807, 2.05) is 17.7 Å². The van der Waals surface area contributed by atoms with Gasteiger partial charge >= 0.3 is 0 Å². The second-order valence-corrected chi connectivity index (χ2v) is 8.77. The molecule has 200 valence electrons. The van der Waals surface area contributed by atoms with Crippen LogP contribution in [-0.2, 0) is 0 Å². The summed E-state index contributed by atoms with van der Waals surface area (Å²) in [6.07, 6.45) is 11.2. The van der Waals surface area contributed by atoms with Gasteiger partial charge in [0.25, 0.3) is 5.91 Å². The number of allylic oxidation sites excluding steroid dienone is 3. The third-order valence-electron chi connectivity index (χ3n) is 6.28. The van der Waals surface area contributed by atoms with Crippen molar-refractivity contribution < 1.29 is 23.7 Å². The first-order valence-electron chi connectivity index (χ1n) is 12.5. The van der Waals surface area contributed by atoms with E-state index >= 15 is 0 Å². The lowest BCUT2D eigenvalue weighted by molar-refractivity contribution is 0.0956. The molecule has 1 fully saturated rings. The van der Waals surface area contributed by atoms with E-state index in [1.54, 1.807) is 57.8 Å². The van der Waals surface area contributed by atoms with Crippen LogP contribution in [0.15, 0.2) is 59.3 Å². The number of hydrogen-bond acceptors (Lipinski definition) is 8. The van der Waals surface area contributed by atoms with E-state index in [0.717, 1.165) is 31.1 Å². The fraction of sp³-hybridized carbons (Fsp3) is 0.357. The second-order valence-electron chi connectivity index (χ2n) is 8.77. The van der Waals surface area contributed by atoms with Gasteiger partial charge in [0.15, 0.2) is 22.9 Å². The van der Waals surface area contributed by atoms with Crippen molar-refractivity contribution in [3.8, 4) is 23.0 Å². The molecule has 1 saturated carbocycles. The van der Waals surface area contributed by atoms with Crippen LogP contribution in [0.2, 0.25) is 0 Å². The van der Waals surface area contributed by atoms with Gasteiger partial charge in [0.1, 0.15) is 17.3 Å². The number of carbonyl (C=O) groups is 1. The van der Waals surface area contributed by atoms with Crippen LogP contribution in [0.5, 0.6) is 23.0 Å². The Morgan fingerprint density at radius 3 is 2.58 bits per heavy atom. The van der Waals surface area contributed by atoms with E-state index in [1.165, 1.54) is 0 Å². The van der Waals surface area contributed by atoms with Crippen LogP contribution in [0, 0.1) is 0 Å². The molecule has 0 atom stereocenters. The maximum absolute atomic E-state index is 13.1. The first kappa shape index (κ1) is 26.7. The predicted octanol–water partition coefficient (Wildman–Crippen LogP) is 5.22. The van der Waals surface area contributed by atoms with Crippen LogP contribution in [-0.4, -0.2) is 48.2 Å². The van der Waals surface area contributed by atoms with Gasteiger partial charge in [-0.05, 0) is 57.7 Å². The monoisotopic (exact) mass is 519 g/mol. The topological polar surface area (TPSA) is 109 Å². The number of aromatic nitrogens is 3. The van der Waals surface area contributed by atoms with Gasteiger partial charge in [0, 0.05) is 17.6 Å². The molecule has 0 radical (unpaired) electrons. The Hall–Kier alpha value is -4.34. The standard InChI is InChI=1S/C28H33N5O5/c1-6-37-25-17-33(19-9-7-8-10-19)32-27(25)28(34)31-26(29-3)12-11-18(2)38-22-13-14-30-21-16-24(36-5)23(35-4)15-20(21)22/h11-17,19H,3,6-10H2,1-2,4-5H3,(H,31,34)/b18-11+,26-12+. The van der Waals surface area contributed by atoms with Gasteiger partial charge in [-0.25, -0.2) is 4.99 Å². The van der Waals surface area contributed by atoms with Crippen LogP contribution >= 0.6 is 0 Å². The fourth-order valence-electron chi connectivity index (χ4n) is 4.40. The van der Waals surface area contributed by atoms with E-state index < -0.39 is 5.91 Å². The molecule has 0 spiro atoms. The first-order valence-corrected chi connectivity index (χ1v) is 12.5. The van der Waals surface area contributed by atoms with Gasteiger partial charge in [0.2, 0.25) is 0 Å². The van der Waals surface area contributed by atoms with Gasteiger partial charge in [-0.15, -0.1) is 0 Å². The highest BCUT2D eigenvalue weighted by atomic mass is 16.5. The molecule has 2 heterocycles. The quantitative estimate of drug-likeness (QED) is 0.210. The number of fused-ring (bicyclic) bond motifs is 1. The summed E-state index contributed by atoms with van der Waals surface area (Å²) >= 11 is 0. The zero-order valence-corrected chi connectivity index (χ0v) is 22.2. The highest BCUT2D eigenvalue weighted by Crippen LogP contribution is 2.36. The van der Waals surface area contributed by atoms with Crippen molar-refractivity contribution in [2.45, 2.75) is 45.6 Å². The molecule has 2 aromatic heterocycles. The van der Waals surface area contributed by atoms with Gasteiger partial charge < -0.3 is 24.3 Å². The van der Waals surface area contributed by atoms with Crippen LogP contribution in [0.4, 0.5) is 0 Å². The number of amides is 1. The lowest BCUT2D eigenvalue weighted by Crippen LogP contribution is -2.23. The van der Waals surface area contributed by atoms with E-state index in [4.69, 9.17) is 18.9 Å². The van der Waals surface area contributed by atoms with E-state index in [-0.39, 0.29) is 17.6 Å². The number of nitrogens with one attached hydrogen (secondary N) is 1. The molecule has 3 aromatic rings. The molecular formula is C28H33N5O5. The summed E-state index contributed by atoms with van der Waals surface area (Å²) in [6.45, 7) is 7.68. The molecule has 1 aliphatic carbocycles. The van der Waals surface area contributed by atoms with Gasteiger partial charge in [-0.3, -0.25) is 14.5 Å². The highest BCUT2D eigenvalue weighted by Gasteiger charge is 2.24. The Balaban J connectivity index is 1.51. The molecule has 0 aliphatic heterocycles. The van der Waals surface area contributed by atoms with Gasteiger partial charge in [-0.1, -0.05) is 12.8 Å². The van der Waals surface area contributed by atoms with Gasteiger partial charge in [0.05, 0.1) is 38.6 Å². The summed E-state index contributed by atoms with van der Waals surface area (Å²) in [5, 5.41) is 8.05. The largest absolute Gasteiger partial charge is 0.493 e. The maximum Gasteiger partial charge on any atom is 0.281 e. The zero-order chi connectivity index (χ0) is 27.1.